The maximum absolute atomic E-state index is 13.9. The summed E-state index contributed by atoms with van der Waals surface area (Å²) >= 11 is 8.04. The zero-order chi connectivity index (χ0) is 30.7. The van der Waals surface area contributed by atoms with Crippen molar-refractivity contribution in [2.45, 2.75) is 62.3 Å². The van der Waals surface area contributed by atoms with Gasteiger partial charge in [0.25, 0.3) is 0 Å². The number of hydrogen-bond acceptors (Lipinski definition) is 10. The van der Waals surface area contributed by atoms with E-state index in [1.54, 1.807) is 17.6 Å². The molecule has 3 aromatic rings. The van der Waals surface area contributed by atoms with Crippen LogP contribution in [0.1, 0.15) is 51.5 Å². The summed E-state index contributed by atoms with van der Waals surface area (Å²) in [5.41, 5.74) is -0.00865. The van der Waals surface area contributed by atoms with Crippen LogP contribution >= 0.6 is 22.9 Å². The molecule has 2 atom stereocenters. The number of aromatic nitrogens is 4. The number of ether oxygens (including phenoxy) is 1. The Kier molecular flexibility index (Phi) is 7.70. The maximum atomic E-state index is 13.9. The number of hydrogen-bond donors (Lipinski definition) is 1. The minimum atomic E-state index is -3.95. The monoisotopic (exact) mass is 646 g/mol. The number of amides is 1. The molecule has 0 bridgehead atoms. The lowest BCUT2D eigenvalue weighted by Gasteiger charge is -2.37. The highest BCUT2D eigenvalue weighted by Crippen LogP contribution is 2.50. The second kappa shape index (κ2) is 11.0. The average molecular weight is 647 g/mol. The van der Waals surface area contributed by atoms with E-state index < -0.39 is 21.0 Å². The predicted molar refractivity (Wildman–Crippen MR) is 163 cm³/mol. The molecule has 2 saturated carbocycles. The van der Waals surface area contributed by atoms with Gasteiger partial charge in [-0.05, 0) is 44.6 Å². The van der Waals surface area contributed by atoms with Gasteiger partial charge in [0.2, 0.25) is 15.9 Å². The van der Waals surface area contributed by atoms with E-state index in [-0.39, 0.29) is 27.8 Å². The van der Waals surface area contributed by atoms with Gasteiger partial charge in [-0.3, -0.25) is 9.20 Å². The number of fused-ring (bicyclic) bond motifs is 1. The molecule has 3 aliphatic rings. The zero-order valence-electron chi connectivity index (χ0n) is 24.6. The standard InChI is InChI=1S/C28H35ClN8O4S2/c1-17(2)25(38)36-10-8-35(9-11-36)20-13-19(43(39,40)34-27(3)14-18(27)5-12-41-4)15-37-21(20)22(29)31-23(37)24-32-33-26(42-24)28(16-30)6-7-28/h13,15,17-18,34H,5-12,14H2,1-4H3/t18-,27+/m1/s1. The molecule has 0 aromatic carbocycles. The van der Waals surface area contributed by atoms with Gasteiger partial charge in [0.15, 0.2) is 16.0 Å². The molecule has 43 heavy (non-hydrogen) atoms. The van der Waals surface area contributed by atoms with Crippen LogP contribution in [-0.4, -0.2) is 84.2 Å². The van der Waals surface area contributed by atoms with Crippen LogP contribution in [-0.2, 0) is 25.0 Å². The first kappa shape index (κ1) is 30.2. The Morgan fingerprint density at radius 1 is 1.28 bits per heavy atom. The largest absolute Gasteiger partial charge is 0.385 e. The molecule has 3 aromatic heterocycles. The summed E-state index contributed by atoms with van der Waals surface area (Å²) in [5.74, 6) is 0.535. The van der Waals surface area contributed by atoms with E-state index >= 15 is 0 Å². The number of halogens is 1. The third-order valence-corrected chi connectivity index (χ3v) is 11.8. The number of anilines is 1. The van der Waals surface area contributed by atoms with Crippen molar-refractivity contribution in [2.24, 2.45) is 11.8 Å². The van der Waals surface area contributed by atoms with E-state index in [0.29, 0.717) is 59.8 Å². The highest BCUT2D eigenvalue weighted by atomic mass is 35.5. The Bertz CT molecular complexity index is 1720. The summed E-state index contributed by atoms with van der Waals surface area (Å²) < 4.78 is 37.6. The number of nitrogens with one attached hydrogen (secondary N) is 1. The number of carbonyl (C=O) groups excluding carboxylic acids is 1. The molecule has 15 heteroatoms. The van der Waals surface area contributed by atoms with E-state index in [4.69, 9.17) is 16.3 Å². The molecule has 0 unspecified atom stereocenters. The number of nitriles is 1. The van der Waals surface area contributed by atoms with Crippen LogP contribution in [0.4, 0.5) is 5.69 Å². The van der Waals surface area contributed by atoms with Crippen molar-refractivity contribution in [1.82, 2.24) is 29.2 Å². The van der Waals surface area contributed by atoms with Crippen LogP contribution in [0.15, 0.2) is 17.2 Å². The van der Waals surface area contributed by atoms with Gasteiger partial charge < -0.3 is 14.5 Å². The number of pyridine rings is 1. The van der Waals surface area contributed by atoms with Crippen molar-refractivity contribution >= 4 is 50.1 Å². The highest BCUT2D eigenvalue weighted by molar-refractivity contribution is 7.89. The Labute approximate surface area is 260 Å². The van der Waals surface area contributed by atoms with E-state index in [2.05, 4.69) is 30.9 Å². The second-order valence-electron chi connectivity index (χ2n) is 12.3. The first-order valence-electron chi connectivity index (χ1n) is 14.5. The molecule has 2 aliphatic carbocycles. The minimum absolute atomic E-state index is 0.0741. The molecule has 12 nitrogen and oxygen atoms in total. The fraction of sp³-hybridized carbons (Fsp3) is 0.607. The first-order valence-corrected chi connectivity index (χ1v) is 17.1. The molecule has 0 spiro atoms. The van der Waals surface area contributed by atoms with Gasteiger partial charge in [-0.2, -0.15) is 5.26 Å². The van der Waals surface area contributed by atoms with Gasteiger partial charge in [-0.1, -0.05) is 36.8 Å². The second-order valence-corrected chi connectivity index (χ2v) is 15.3. The number of sulfonamides is 1. The molecule has 3 fully saturated rings. The average Bonchev–Trinajstić information content (AvgIpc) is 3.79. The molecular formula is C28H35ClN8O4S2. The number of nitrogens with zero attached hydrogens (tertiary/aromatic N) is 7. The van der Waals surface area contributed by atoms with Crippen molar-refractivity contribution in [3.05, 3.63) is 22.4 Å². The van der Waals surface area contributed by atoms with E-state index in [1.807, 2.05) is 25.7 Å². The van der Waals surface area contributed by atoms with Crippen molar-refractivity contribution in [3.63, 3.8) is 0 Å². The molecule has 1 N–H and O–H groups in total. The van der Waals surface area contributed by atoms with Gasteiger partial charge in [-0.15, -0.1) is 10.2 Å². The highest BCUT2D eigenvalue weighted by Gasteiger charge is 2.52. The Morgan fingerprint density at radius 2 is 2.00 bits per heavy atom. The van der Waals surface area contributed by atoms with E-state index in [9.17, 15) is 18.5 Å². The number of carbonyl (C=O) groups is 1. The van der Waals surface area contributed by atoms with E-state index in [1.165, 1.54) is 17.5 Å². The van der Waals surface area contributed by atoms with E-state index in [0.717, 1.165) is 25.7 Å². The van der Waals surface area contributed by atoms with Crippen LogP contribution < -0.4 is 9.62 Å². The number of piperazine rings is 1. The van der Waals surface area contributed by atoms with Crippen molar-refractivity contribution < 1.29 is 17.9 Å². The van der Waals surface area contributed by atoms with Crippen molar-refractivity contribution in [1.29, 1.82) is 5.26 Å². The fourth-order valence-electron chi connectivity index (χ4n) is 5.83. The first-order chi connectivity index (χ1) is 20.4. The summed E-state index contributed by atoms with van der Waals surface area (Å²) in [7, 11) is -2.31. The molecule has 1 amide bonds. The fourth-order valence-corrected chi connectivity index (χ4v) is 8.62. The summed E-state index contributed by atoms with van der Waals surface area (Å²) in [6, 6.07) is 3.99. The molecular weight excluding hydrogens is 612 g/mol. The third kappa shape index (κ3) is 5.50. The summed E-state index contributed by atoms with van der Waals surface area (Å²) in [4.78, 5) is 21.2. The SMILES string of the molecule is COCC[C@@H]1C[C@]1(C)NS(=O)(=O)c1cc(N2CCN(C(=O)C(C)C)CC2)c2c(Cl)nc(-c3nnc(C4(C#N)CC4)s3)n2c1. The summed E-state index contributed by atoms with van der Waals surface area (Å²) in [6.07, 6.45) is 4.49. The summed E-state index contributed by atoms with van der Waals surface area (Å²) in [5, 5.41) is 19.6. The van der Waals surface area contributed by atoms with Gasteiger partial charge in [-0.25, -0.2) is 18.1 Å². The summed E-state index contributed by atoms with van der Waals surface area (Å²) in [6.45, 7) is 8.27. The Balaban J connectivity index is 1.41. The molecule has 0 radical (unpaired) electrons. The Morgan fingerprint density at radius 3 is 2.63 bits per heavy atom. The van der Waals surface area contributed by atoms with Crippen LogP contribution in [0.5, 0.6) is 0 Å². The smallest absolute Gasteiger partial charge is 0.242 e. The molecule has 1 saturated heterocycles. The van der Waals surface area contributed by atoms with Crippen LogP contribution in [0.3, 0.4) is 0 Å². The quantitative estimate of drug-likeness (QED) is 0.350. The van der Waals surface area contributed by atoms with Crippen LogP contribution in [0.25, 0.3) is 16.3 Å². The minimum Gasteiger partial charge on any atom is -0.385 e. The lowest BCUT2D eigenvalue weighted by atomic mass is 10.1. The van der Waals surface area contributed by atoms with Crippen LogP contribution in [0.2, 0.25) is 5.15 Å². The lowest BCUT2D eigenvalue weighted by Crippen LogP contribution is -2.50. The van der Waals surface area contributed by atoms with Crippen molar-refractivity contribution in [2.75, 3.05) is 44.8 Å². The van der Waals surface area contributed by atoms with Gasteiger partial charge in [0.1, 0.15) is 20.8 Å². The van der Waals surface area contributed by atoms with Crippen LogP contribution in [0, 0.1) is 23.2 Å². The maximum Gasteiger partial charge on any atom is 0.242 e. The topological polar surface area (TPSA) is 146 Å². The lowest BCUT2D eigenvalue weighted by molar-refractivity contribution is -0.134. The van der Waals surface area contributed by atoms with Gasteiger partial charge in [0.05, 0.1) is 11.8 Å². The molecule has 4 heterocycles. The van der Waals surface area contributed by atoms with Gasteiger partial charge in [0, 0.05) is 57.5 Å². The predicted octanol–water partition coefficient (Wildman–Crippen LogP) is 3.46. The normalized spacial score (nSPS) is 23.1. The van der Waals surface area contributed by atoms with Gasteiger partial charge >= 0.3 is 0 Å². The van der Waals surface area contributed by atoms with Crippen molar-refractivity contribution in [3.8, 4) is 16.9 Å². The molecule has 1 aliphatic heterocycles. The number of imidazole rings is 1. The third-order valence-electron chi connectivity index (χ3n) is 8.82. The number of rotatable bonds is 10. The number of methoxy groups -OCH3 is 1. The molecule has 230 valence electrons. The zero-order valence-corrected chi connectivity index (χ0v) is 27.0. The molecule has 6 rings (SSSR count). The Hall–Kier alpha value is -2.83.